The Balaban J connectivity index is 2.47. The molecule has 0 aliphatic rings. The van der Waals surface area contributed by atoms with Crippen LogP contribution in [0, 0.1) is 13.8 Å². The lowest BCUT2D eigenvalue weighted by Crippen LogP contribution is -2.14. The lowest BCUT2D eigenvalue weighted by atomic mass is 10.1. The number of benzene rings is 1. The molecule has 2 N–H and O–H groups in total. The van der Waals surface area contributed by atoms with Gasteiger partial charge >= 0.3 is 5.97 Å². The first-order valence-electron chi connectivity index (χ1n) is 5.69. The minimum absolute atomic E-state index is 0.0694. The zero-order valence-electron chi connectivity index (χ0n) is 11.0. The number of halogens is 1. The third-order valence-corrected chi connectivity index (χ3v) is 5.85. The van der Waals surface area contributed by atoms with Crippen LogP contribution in [0.2, 0.25) is 0 Å². The standard InChI is InChI=1S/C12H11BrN2O4S2/c1-6-5-20-12(14-6)15-21(18,19)8-3-9(11(16)17)7(2)10(13)4-8/h3-5H,1-2H3,(H,14,15)(H,16,17). The molecule has 0 aliphatic heterocycles. The molecule has 2 aromatic rings. The van der Waals surface area contributed by atoms with Gasteiger partial charge in [0.05, 0.1) is 16.2 Å². The molecule has 112 valence electrons. The number of carboxylic acids is 1. The molecule has 9 heteroatoms. The molecular formula is C12H11BrN2O4S2. The minimum atomic E-state index is -3.89. The van der Waals surface area contributed by atoms with Crippen LogP contribution in [0.15, 0.2) is 26.9 Å². The van der Waals surface area contributed by atoms with Gasteiger partial charge in [-0.05, 0) is 31.5 Å². The second kappa shape index (κ2) is 5.74. The van der Waals surface area contributed by atoms with E-state index in [2.05, 4.69) is 25.6 Å². The Kier molecular flexibility index (Phi) is 4.35. The summed E-state index contributed by atoms with van der Waals surface area (Å²) in [6, 6.07) is 2.50. The highest BCUT2D eigenvalue weighted by atomic mass is 79.9. The van der Waals surface area contributed by atoms with Crippen LogP contribution in [-0.2, 0) is 10.0 Å². The van der Waals surface area contributed by atoms with Crippen molar-refractivity contribution < 1.29 is 18.3 Å². The van der Waals surface area contributed by atoms with Gasteiger partial charge in [-0.25, -0.2) is 18.2 Å². The third kappa shape index (κ3) is 3.42. The monoisotopic (exact) mass is 390 g/mol. The maximum atomic E-state index is 12.3. The van der Waals surface area contributed by atoms with Crippen molar-refractivity contribution in [2.24, 2.45) is 0 Å². The summed E-state index contributed by atoms with van der Waals surface area (Å²) >= 11 is 4.34. The number of nitrogens with zero attached hydrogens (tertiary/aromatic N) is 1. The molecule has 0 saturated carbocycles. The van der Waals surface area contributed by atoms with E-state index in [-0.39, 0.29) is 15.6 Å². The van der Waals surface area contributed by atoms with Crippen molar-refractivity contribution in [3.63, 3.8) is 0 Å². The van der Waals surface area contributed by atoms with E-state index in [1.807, 2.05) is 0 Å². The van der Waals surface area contributed by atoms with Crippen LogP contribution >= 0.6 is 27.3 Å². The van der Waals surface area contributed by atoms with E-state index in [4.69, 9.17) is 5.11 Å². The number of carbonyl (C=O) groups is 1. The predicted molar refractivity (Wildman–Crippen MR) is 83.5 cm³/mol. The minimum Gasteiger partial charge on any atom is -0.478 e. The summed E-state index contributed by atoms with van der Waals surface area (Å²) in [5.74, 6) is -1.18. The van der Waals surface area contributed by atoms with E-state index in [9.17, 15) is 13.2 Å². The Hall–Kier alpha value is -1.45. The van der Waals surface area contributed by atoms with Gasteiger partial charge in [-0.3, -0.25) is 4.72 Å². The highest BCUT2D eigenvalue weighted by Gasteiger charge is 2.21. The van der Waals surface area contributed by atoms with Crippen molar-refractivity contribution in [2.75, 3.05) is 4.72 Å². The third-order valence-electron chi connectivity index (χ3n) is 2.70. The lowest BCUT2D eigenvalue weighted by Gasteiger charge is -2.09. The molecule has 6 nitrogen and oxygen atoms in total. The number of anilines is 1. The molecule has 0 radical (unpaired) electrons. The van der Waals surface area contributed by atoms with Crippen molar-refractivity contribution in [3.05, 3.63) is 38.8 Å². The zero-order chi connectivity index (χ0) is 15.8. The molecule has 0 bridgehead atoms. The fourth-order valence-electron chi connectivity index (χ4n) is 1.61. The SMILES string of the molecule is Cc1csc(NS(=O)(=O)c2cc(Br)c(C)c(C(=O)O)c2)n1. The molecule has 0 spiro atoms. The molecule has 0 atom stereocenters. The normalized spacial score (nSPS) is 11.4. The number of aromatic carboxylic acids is 1. The first-order chi connectivity index (χ1) is 9.70. The van der Waals surface area contributed by atoms with Gasteiger partial charge in [0.15, 0.2) is 5.13 Å². The van der Waals surface area contributed by atoms with E-state index in [0.29, 0.717) is 15.7 Å². The van der Waals surface area contributed by atoms with Gasteiger partial charge in [0.25, 0.3) is 10.0 Å². The molecule has 0 saturated heterocycles. The van der Waals surface area contributed by atoms with Crippen LogP contribution in [0.3, 0.4) is 0 Å². The molecule has 21 heavy (non-hydrogen) atoms. The predicted octanol–water partition coefficient (Wildman–Crippen LogP) is 3.02. The smallest absolute Gasteiger partial charge is 0.336 e. The summed E-state index contributed by atoms with van der Waals surface area (Å²) in [6.45, 7) is 3.35. The summed E-state index contributed by atoms with van der Waals surface area (Å²) in [4.78, 5) is 15.1. The van der Waals surface area contributed by atoms with Crippen molar-refractivity contribution in [1.29, 1.82) is 0 Å². The average molecular weight is 391 g/mol. The van der Waals surface area contributed by atoms with Crippen molar-refractivity contribution in [2.45, 2.75) is 18.7 Å². The summed E-state index contributed by atoms with van der Waals surface area (Å²) in [5, 5.41) is 11.1. The maximum absolute atomic E-state index is 12.3. The first-order valence-corrected chi connectivity index (χ1v) is 8.84. The molecular weight excluding hydrogens is 380 g/mol. The van der Waals surface area contributed by atoms with Gasteiger partial charge in [0.2, 0.25) is 0 Å². The average Bonchev–Trinajstić information content (AvgIpc) is 2.76. The molecule has 0 amide bonds. The highest BCUT2D eigenvalue weighted by molar-refractivity contribution is 9.10. The number of thiazole rings is 1. The van der Waals surface area contributed by atoms with Crippen LogP contribution < -0.4 is 4.72 Å². The van der Waals surface area contributed by atoms with Crippen LogP contribution in [0.5, 0.6) is 0 Å². The van der Waals surface area contributed by atoms with E-state index in [0.717, 1.165) is 17.4 Å². The van der Waals surface area contributed by atoms with E-state index in [1.54, 1.807) is 19.2 Å². The molecule has 2 rings (SSSR count). The summed E-state index contributed by atoms with van der Waals surface area (Å²) in [5.41, 5.74) is 1.10. The summed E-state index contributed by atoms with van der Waals surface area (Å²) in [7, 11) is -3.89. The molecule has 0 aliphatic carbocycles. The Morgan fingerprint density at radius 3 is 2.57 bits per heavy atom. The van der Waals surface area contributed by atoms with Gasteiger partial charge in [0, 0.05) is 9.85 Å². The number of nitrogens with one attached hydrogen (secondary N) is 1. The largest absolute Gasteiger partial charge is 0.478 e. The number of aromatic nitrogens is 1. The van der Waals surface area contributed by atoms with Crippen LogP contribution in [0.1, 0.15) is 21.6 Å². The van der Waals surface area contributed by atoms with E-state index >= 15 is 0 Å². The van der Waals surface area contributed by atoms with Gasteiger partial charge in [0.1, 0.15) is 0 Å². The fraction of sp³-hybridized carbons (Fsp3) is 0.167. The lowest BCUT2D eigenvalue weighted by molar-refractivity contribution is 0.0695. The number of sulfonamides is 1. The highest BCUT2D eigenvalue weighted by Crippen LogP contribution is 2.27. The van der Waals surface area contributed by atoms with E-state index in [1.165, 1.54) is 6.07 Å². The number of carboxylic acid groups (broad SMARTS) is 1. The van der Waals surface area contributed by atoms with Crippen molar-refractivity contribution in [1.82, 2.24) is 4.98 Å². The van der Waals surface area contributed by atoms with Crippen LogP contribution in [0.25, 0.3) is 0 Å². The Bertz CT molecular complexity index is 815. The van der Waals surface area contributed by atoms with Crippen molar-refractivity contribution >= 4 is 48.4 Å². The number of rotatable bonds is 4. The van der Waals surface area contributed by atoms with Gasteiger partial charge < -0.3 is 5.11 Å². The summed E-state index contributed by atoms with van der Waals surface area (Å²) in [6.07, 6.45) is 0. The topological polar surface area (TPSA) is 96.4 Å². The first kappa shape index (κ1) is 15.9. The number of hydrogen-bond donors (Lipinski definition) is 2. The quantitative estimate of drug-likeness (QED) is 0.835. The van der Waals surface area contributed by atoms with Crippen LogP contribution in [-0.4, -0.2) is 24.5 Å². The Labute approximate surface area is 134 Å². The van der Waals surface area contributed by atoms with Gasteiger partial charge in [-0.15, -0.1) is 11.3 Å². The molecule has 1 aromatic heterocycles. The van der Waals surface area contributed by atoms with Crippen LogP contribution in [0.4, 0.5) is 5.13 Å². The Morgan fingerprint density at radius 1 is 1.38 bits per heavy atom. The second-order valence-corrected chi connectivity index (χ2v) is 7.68. The summed E-state index contributed by atoms with van der Waals surface area (Å²) < 4.78 is 27.3. The Morgan fingerprint density at radius 2 is 2.05 bits per heavy atom. The molecule has 0 unspecified atom stereocenters. The van der Waals surface area contributed by atoms with E-state index < -0.39 is 16.0 Å². The zero-order valence-corrected chi connectivity index (χ0v) is 14.3. The van der Waals surface area contributed by atoms with Crippen molar-refractivity contribution in [3.8, 4) is 0 Å². The second-order valence-electron chi connectivity index (χ2n) is 4.28. The fourth-order valence-corrected chi connectivity index (χ4v) is 4.21. The molecule has 1 aromatic carbocycles. The number of aryl methyl sites for hydroxylation is 1. The molecule has 1 heterocycles. The maximum Gasteiger partial charge on any atom is 0.336 e. The molecule has 0 fully saturated rings. The number of hydrogen-bond acceptors (Lipinski definition) is 5. The van der Waals surface area contributed by atoms with Gasteiger partial charge in [-0.1, -0.05) is 15.9 Å². The van der Waals surface area contributed by atoms with Gasteiger partial charge in [-0.2, -0.15) is 0 Å².